The lowest BCUT2D eigenvalue weighted by atomic mass is 9.73. The first-order valence-electron chi connectivity index (χ1n) is 19.7. The Labute approximate surface area is 329 Å². The highest BCUT2D eigenvalue weighted by Crippen LogP contribution is 2.48. The summed E-state index contributed by atoms with van der Waals surface area (Å²) < 4.78 is 0. The summed E-state index contributed by atoms with van der Waals surface area (Å²) in [6, 6.07) is 31.2. The molecular weight excluding hydrogens is 665 g/mol. The molecule has 0 amide bonds. The summed E-state index contributed by atoms with van der Waals surface area (Å²) >= 11 is 0. The largest absolute Gasteiger partial charge is 0.344 e. The van der Waals surface area contributed by atoms with Gasteiger partial charge >= 0.3 is 0 Å². The molecule has 2 aliphatic carbocycles. The lowest BCUT2D eigenvalue weighted by molar-refractivity contribution is 0.549. The molecular formula is C53H54N2. The van der Waals surface area contributed by atoms with Crippen LogP contribution in [0.1, 0.15) is 76.6 Å². The molecule has 4 aromatic carbocycles. The molecule has 55 heavy (non-hydrogen) atoms. The van der Waals surface area contributed by atoms with Gasteiger partial charge in [0.05, 0.1) is 5.69 Å². The first-order valence-corrected chi connectivity index (χ1v) is 19.7. The fourth-order valence-electron chi connectivity index (χ4n) is 8.48. The van der Waals surface area contributed by atoms with E-state index in [1.165, 1.54) is 72.5 Å². The predicted octanol–water partition coefficient (Wildman–Crippen LogP) is 14.9. The molecule has 3 aliphatic rings. The molecule has 2 heteroatoms. The van der Waals surface area contributed by atoms with E-state index in [1.807, 2.05) is 0 Å². The lowest BCUT2D eigenvalue weighted by Gasteiger charge is -2.38. The summed E-state index contributed by atoms with van der Waals surface area (Å²) in [7, 11) is 2.24. The molecule has 4 aromatic rings. The first-order chi connectivity index (χ1) is 26.5. The van der Waals surface area contributed by atoms with Crippen LogP contribution in [-0.2, 0) is 0 Å². The molecule has 0 saturated heterocycles. The Bertz CT molecular complexity index is 2430. The van der Waals surface area contributed by atoms with Crippen LogP contribution in [0.3, 0.4) is 0 Å². The highest BCUT2D eigenvalue weighted by atomic mass is 15.2. The van der Waals surface area contributed by atoms with Gasteiger partial charge in [0.15, 0.2) is 0 Å². The number of allylic oxidation sites excluding steroid dienone is 13. The Morgan fingerprint density at radius 2 is 1.53 bits per heavy atom. The molecule has 7 rings (SSSR count). The van der Waals surface area contributed by atoms with Crippen molar-refractivity contribution in [1.29, 1.82) is 0 Å². The van der Waals surface area contributed by atoms with Gasteiger partial charge in [-0.3, -0.25) is 0 Å². The van der Waals surface area contributed by atoms with Crippen molar-refractivity contribution in [3.8, 4) is 11.1 Å². The van der Waals surface area contributed by atoms with E-state index in [1.54, 1.807) is 0 Å². The Balaban J connectivity index is 1.50. The van der Waals surface area contributed by atoms with E-state index < -0.39 is 0 Å². The van der Waals surface area contributed by atoms with Crippen molar-refractivity contribution in [3.63, 3.8) is 0 Å². The summed E-state index contributed by atoms with van der Waals surface area (Å²) in [5.74, 6) is 0. The van der Waals surface area contributed by atoms with Gasteiger partial charge in [0.2, 0.25) is 0 Å². The molecule has 276 valence electrons. The number of aryl methyl sites for hydroxylation is 1. The first kappa shape index (κ1) is 37.5. The van der Waals surface area contributed by atoms with Crippen LogP contribution in [0.15, 0.2) is 173 Å². The third-order valence-electron chi connectivity index (χ3n) is 11.8. The second-order valence-corrected chi connectivity index (χ2v) is 15.6. The van der Waals surface area contributed by atoms with E-state index >= 15 is 0 Å². The van der Waals surface area contributed by atoms with Crippen LogP contribution in [-0.4, -0.2) is 7.05 Å². The number of nitrogens with zero attached hydrogens (tertiary/aromatic N) is 2. The zero-order valence-electron chi connectivity index (χ0n) is 34.1. The molecule has 0 saturated carbocycles. The molecule has 0 fully saturated rings. The van der Waals surface area contributed by atoms with Crippen LogP contribution in [0, 0.1) is 19.3 Å². The van der Waals surface area contributed by atoms with Gasteiger partial charge in [-0.15, -0.1) is 5.73 Å². The summed E-state index contributed by atoms with van der Waals surface area (Å²) in [4.78, 5) is 4.82. The summed E-state index contributed by atoms with van der Waals surface area (Å²) in [5.41, 5.74) is 24.0. The van der Waals surface area contributed by atoms with Crippen molar-refractivity contribution >= 4 is 34.4 Å². The van der Waals surface area contributed by atoms with Gasteiger partial charge in [0.1, 0.15) is 0 Å². The van der Waals surface area contributed by atoms with Crippen molar-refractivity contribution in [2.45, 2.75) is 68.2 Å². The molecule has 1 heterocycles. The molecule has 0 spiro atoms. The Morgan fingerprint density at radius 1 is 0.782 bits per heavy atom. The number of hydrogen-bond acceptors (Lipinski definition) is 2. The minimum Gasteiger partial charge on any atom is -0.344 e. The van der Waals surface area contributed by atoms with Crippen LogP contribution >= 0.6 is 0 Å². The number of hydrogen-bond donors (Lipinski definition) is 0. The normalized spacial score (nSPS) is 18.1. The van der Waals surface area contributed by atoms with Gasteiger partial charge in [-0.1, -0.05) is 110 Å². The SMILES string of the molecule is C/C=C1/C(C(C)(C)C2=CCCC=C2)=C\C=C/c2c(-c3cccc(/C(C)=C(\C)C4=C(C)C=C=C4)c3C)cc(N(c3ccccc3)c3ccc(C)cc3)cc2N1C. The van der Waals surface area contributed by atoms with Crippen LogP contribution < -0.4 is 9.80 Å². The molecule has 0 unspecified atom stereocenters. The smallest absolute Gasteiger partial charge is 0.0509 e. The van der Waals surface area contributed by atoms with Crippen molar-refractivity contribution in [1.82, 2.24) is 0 Å². The Morgan fingerprint density at radius 3 is 2.20 bits per heavy atom. The fourth-order valence-corrected chi connectivity index (χ4v) is 8.48. The number of benzene rings is 4. The average molecular weight is 719 g/mol. The van der Waals surface area contributed by atoms with Gasteiger partial charge in [0, 0.05) is 40.8 Å². The second kappa shape index (κ2) is 15.5. The molecule has 0 atom stereocenters. The highest BCUT2D eigenvalue weighted by molar-refractivity contribution is 5.93. The zero-order valence-corrected chi connectivity index (χ0v) is 34.1. The van der Waals surface area contributed by atoms with Gasteiger partial charge in [-0.25, -0.2) is 0 Å². The number of para-hydroxylation sites is 1. The number of anilines is 4. The van der Waals surface area contributed by atoms with E-state index in [-0.39, 0.29) is 5.41 Å². The quantitative estimate of drug-likeness (QED) is 0.167. The van der Waals surface area contributed by atoms with Crippen molar-refractivity contribution < 1.29 is 0 Å². The predicted molar refractivity (Wildman–Crippen MR) is 239 cm³/mol. The minimum atomic E-state index is -0.183. The van der Waals surface area contributed by atoms with E-state index in [2.05, 4.69) is 218 Å². The van der Waals surface area contributed by atoms with E-state index in [0.29, 0.717) is 0 Å². The topological polar surface area (TPSA) is 6.48 Å². The standard InChI is InChI=1S/C53H54N2/c1-10-51-50(53(7,8)41-21-13-11-14-22-41)29-19-28-48-49(47-27-18-26-46(40(47)6)39(5)38(4)45-25-17-20-37(45)3)34-44(35-52(48)54(51)9)55(42-23-15-12-16-24-42)43-32-30-36(2)31-33-43/h10,12-13,15-16,18-35H,11,14H2,1-9H3/b28-19-,39-38+,50-29+,51-10-. The van der Waals surface area contributed by atoms with Crippen molar-refractivity contribution in [3.05, 3.63) is 195 Å². The van der Waals surface area contributed by atoms with Crippen LogP contribution in [0.2, 0.25) is 0 Å². The molecule has 0 aromatic heterocycles. The average Bonchev–Trinajstić information content (AvgIpc) is 3.63. The monoisotopic (exact) mass is 718 g/mol. The van der Waals surface area contributed by atoms with Gasteiger partial charge in [0.25, 0.3) is 0 Å². The zero-order chi connectivity index (χ0) is 38.9. The molecule has 1 aliphatic heterocycles. The fraction of sp³-hybridized carbons (Fsp3) is 0.226. The molecule has 0 N–H and O–H groups in total. The second-order valence-electron chi connectivity index (χ2n) is 15.6. The maximum Gasteiger partial charge on any atom is 0.0509 e. The van der Waals surface area contributed by atoms with Crippen molar-refractivity contribution in [2.75, 3.05) is 16.8 Å². The van der Waals surface area contributed by atoms with E-state index in [9.17, 15) is 0 Å². The Hall–Kier alpha value is -5.82. The maximum atomic E-state index is 3.31. The third kappa shape index (κ3) is 7.11. The number of rotatable bonds is 8. The summed E-state index contributed by atoms with van der Waals surface area (Å²) in [6.07, 6.45) is 22.7. The number of fused-ring (bicyclic) bond motifs is 1. The maximum absolute atomic E-state index is 3.31. The lowest BCUT2D eigenvalue weighted by Crippen LogP contribution is -2.28. The van der Waals surface area contributed by atoms with E-state index in [4.69, 9.17) is 0 Å². The van der Waals surface area contributed by atoms with Gasteiger partial charge in [-0.05, 0) is 159 Å². The highest BCUT2D eigenvalue weighted by Gasteiger charge is 2.32. The summed E-state index contributed by atoms with van der Waals surface area (Å²) in [5, 5.41) is 0. The number of likely N-dealkylation sites (N-methyl/N-ethyl adjacent to an activating group) is 1. The van der Waals surface area contributed by atoms with Crippen LogP contribution in [0.5, 0.6) is 0 Å². The van der Waals surface area contributed by atoms with Gasteiger partial charge in [-0.2, -0.15) is 0 Å². The third-order valence-corrected chi connectivity index (χ3v) is 11.8. The molecule has 0 bridgehead atoms. The molecule has 0 radical (unpaired) electrons. The Kier molecular flexibility index (Phi) is 10.6. The van der Waals surface area contributed by atoms with Crippen LogP contribution in [0.25, 0.3) is 22.8 Å². The van der Waals surface area contributed by atoms with Gasteiger partial charge < -0.3 is 9.80 Å². The summed E-state index contributed by atoms with van der Waals surface area (Å²) in [6.45, 7) is 18.0. The van der Waals surface area contributed by atoms with E-state index in [0.717, 1.165) is 35.6 Å². The molecule has 2 nitrogen and oxygen atoms in total. The minimum absolute atomic E-state index is 0.183. The van der Waals surface area contributed by atoms with Crippen LogP contribution in [0.4, 0.5) is 22.7 Å². The van der Waals surface area contributed by atoms with Crippen molar-refractivity contribution in [2.24, 2.45) is 5.41 Å².